The lowest BCUT2D eigenvalue weighted by atomic mass is 10.2. The molecule has 0 fully saturated rings. The van der Waals surface area contributed by atoms with E-state index >= 15 is 0 Å². The fraction of sp³-hybridized carbons (Fsp3) is 0.526. The van der Waals surface area contributed by atoms with Gasteiger partial charge in [-0.15, -0.1) is 0 Å². The minimum Gasteiger partial charge on any atom is -0.487 e. The molecular formula is C19H23F5O7Si. The first-order valence-electron chi connectivity index (χ1n) is 9.81. The van der Waals surface area contributed by atoms with Crippen LogP contribution in [0.15, 0.2) is 0 Å². The van der Waals surface area contributed by atoms with Crippen LogP contribution in [0.2, 0.25) is 6.04 Å². The Morgan fingerprint density at radius 2 is 1.03 bits per heavy atom. The van der Waals surface area contributed by atoms with Crippen LogP contribution >= 0.6 is 0 Å². The van der Waals surface area contributed by atoms with Crippen LogP contribution in [0.1, 0.15) is 52.9 Å². The molecular weight excluding hydrogens is 463 g/mol. The van der Waals surface area contributed by atoms with E-state index in [2.05, 4.69) is 0 Å². The highest BCUT2D eigenvalue weighted by Crippen LogP contribution is 2.29. The minimum absolute atomic E-state index is 0.00655. The van der Waals surface area contributed by atoms with Crippen LogP contribution < -0.4 is 4.74 Å². The van der Waals surface area contributed by atoms with E-state index in [0.29, 0.717) is 0 Å². The maximum atomic E-state index is 13.6. The Bertz CT molecular complexity index is 775. The Labute approximate surface area is 182 Å². The van der Waals surface area contributed by atoms with Gasteiger partial charge in [-0.1, -0.05) is 20.8 Å². The smallest absolute Gasteiger partial charge is 0.487 e. The van der Waals surface area contributed by atoms with E-state index in [1.165, 1.54) is 20.8 Å². The molecule has 0 aliphatic heterocycles. The van der Waals surface area contributed by atoms with Gasteiger partial charge in [0.2, 0.25) is 29.1 Å². The van der Waals surface area contributed by atoms with Crippen LogP contribution in [0, 0.1) is 29.1 Å². The molecule has 0 N–H and O–H groups in total. The van der Waals surface area contributed by atoms with Crippen LogP contribution in [0.4, 0.5) is 22.0 Å². The molecule has 180 valence electrons. The van der Waals surface area contributed by atoms with Crippen LogP contribution in [0.25, 0.3) is 0 Å². The molecule has 0 saturated carbocycles. The van der Waals surface area contributed by atoms with Crippen molar-refractivity contribution in [1.82, 2.24) is 0 Å². The second-order valence-corrected chi connectivity index (χ2v) is 8.85. The summed E-state index contributed by atoms with van der Waals surface area (Å²) in [5.41, 5.74) is 0. The lowest BCUT2D eigenvalue weighted by Crippen LogP contribution is -2.50. The monoisotopic (exact) mass is 486 g/mol. The normalized spacial score (nSPS) is 11.1. The highest BCUT2D eigenvalue weighted by molar-refractivity contribution is 6.65. The van der Waals surface area contributed by atoms with Crippen molar-refractivity contribution in [2.45, 2.75) is 58.9 Å². The second kappa shape index (κ2) is 12.4. The van der Waals surface area contributed by atoms with Gasteiger partial charge < -0.3 is 18.0 Å². The van der Waals surface area contributed by atoms with Crippen LogP contribution in [0.5, 0.6) is 5.75 Å². The molecule has 32 heavy (non-hydrogen) atoms. The number of ether oxygens (including phenoxy) is 1. The van der Waals surface area contributed by atoms with Crippen LogP contribution in [-0.2, 0) is 27.7 Å². The standard InChI is InChI=1S/C19H23F5O7Si/c1-4-11(25)29-32(30-12(26)5-2,31-13(27)6-3)10-8-7-9-28-19-17(23)15(21)14(20)16(22)18(19)24/h4-10H2,1-3H3. The van der Waals surface area contributed by atoms with Gasteiger partial charge in [-0.05, 0) is 12.8 Å². The molecule has 0 aromatic heterocycles. The fourth-order valence-corrected chi connectivity index (χ4v) is 4.87. The number of carbonyl (C=O) groups is 3. The third kappa shape index (κ3) is 7.17. The Hall–Kier alpha value is -2.70. The zero-order chi connectivity index (χ0) is 24.5. The van der Waals surface area contributed by atoms with E-state index in [1.807, 2.05) is 0 Å². The Morgan fingerprint density at radius 3 is 1.41 bits per heavy atom. The van der Waals surface area contributed by atoms with Gasteiger partial charge >= 0.3 is 8.80 Å². The molecule has 0 saturated heterocycles. The highest BCUT2D eigenvalue weighted by atomic mass is 28.4. The lowest BCUT2D eigenvalue weighted by Gasteiger charge is -2.27. The first kappa shape index (κ1) is 27.3. The average Bonchev–Trinajstić information content (AvgIpc) is 2.77. The van der Waals surface area contributed by atoms with Crippen molar-refractivity contribution in [3.05, 3.63) is 29.1 Å². The number of hydrogen-bond donors (Lipinski definition) is 0. The quantitative estimate of drug-likeness (QED) is 0.143. The Balaban J connectivity index is 2.91. The zero-order valence-corrected chi connectivity index (χ0v) is 18.7. The largest absolute Gasteiger partial charge is 0.705 e. The summed E-state index contributed by atoms with van der Waals surface area (Å²) in [6.45, 7) is 3.93. The van der Waals surface area contributed by atoms with Gasteiger partial charge in [-0.2, -0.15) is 8.78 Å². The van der Waals surface area contributed by atoms with Crippen molar-refractivity contribution < 1.29 is 54.4 Å². The van der Waals surface area contributed by atoms with E-state index in [1.54, 1.807) is 0 Å². The van der Waals surface area contributed by atoms with Crippen molar-refractivity contribution in [3.8, 4) is 5.75 Å². The topological polar surface area (TPSA) is 88.1 Å². The predicted octanol–water partition coefficient (Wildman–Crippen LogP) is 4.34. The van der Waals surface area contributed by atoms with Crippen molar-refractivity contribution in [1.29, 1.82) is 0 Å². The Kier molecular flexibility index (Phi) is 10.6. The van der Waals surface area contributed by atoms with Gasteiger partial charge in [-0.3, -0.25) is 14.4 Å². The number of carbonyl (C=O) groups excluding carboxylic acids is 3. The SMILES string of the molecule is CCC(=O)O[Si](CCCCOc1c(F)c(F)c(F)c(F)c1F)(OC(=O)CC)OC(=O)CC. The summed E-state index contributed by atoms with van der Waals surface area (Å²) in [5.74, 6) is -14.6. The lowest BCUT2D eigenvalue weighted by molar-refractivity contribution is -0.150. The van der Waals surface area contributed by atoms with E-state index < -0.39 is 68.2 Å². The van der Waals surface area contributed by atoms with Gasteiger partial charge in [0.05, 0.1) is 12.7 Å². The third-order valence-electron chi connectivity index (χ3n) is 3.97. The van der Waals surface area contributed by atoms with E-state index in [-0.39, 0.29) is 38.1 Å². The summed E-state index contributed by atoms with van der Waals surface area (Å²) >= 11 is 0. The number of benzene rings is 1. The van der Waals surface area contributed by atoms with Gasteiger partial charge in [-0.25, -0.2) is 13.2 Å². The average molecular weight is 486 g/mol. The van der Waals surface area contributed by atoms with Crippen molar-refractivity contribution in [3.63, 3.8) is 0 Å². The number of hydrogen-bond acceptors (Lipinski definition) is 7. The molecule has 0 bridgehead atoms. The molecule has 0 atom stereocenters. The van der Waals surface area contributed by atoms with Crippen molar-refractivity contribution in [2.24, 2.45) is 0 Å². The van der Waals surface area contributed by atoms with Crippen molar-refractivity contribution in [2.75, 3.05) is 6.61 Å². The van der Waals surface area contributed by atoms with Crippen LogP contribution in [0.3, 0.4) is 0 Å². The number of unbranched alkanes of at least 4 members (excludes halogenated alkanes) is 1. The second-order valence-electron chi connectivity index (χ2n) is 6.37. The van der Waals surface area contributed by atoms with E-state index in [9.17, 15) is 36.3 Å². The molecule has 0 radical (unpaired) electrons. The zero-order valence-electron chi connectivity index (χ0n) is 17.7. The van der Waals surface area contributed by atoms with E-state index in [0.717, 1.165) is 0 Å². The maximum absolute atomic E-state index is 13.6. The summed E-state index contributed by atoms with van der Waals surface area (Å²) in [4.78, 5) is 35.5. The molecule has 1 aromatic rings. The molecule has 0 aliphatic carbocycles. The molecule has 0 unspecified atom stereocenters. The Morgan fingerprint density at radius 1 is 0.656 bits per heavy atom. The van der Waals surface area contributed by atoms with Crippen LogP contribution in [-0.4, -0.2) is 33.3 Å². The molecule has 0 aliphatic rings. The van der Waals surface area contributed by atoms with Gasteiger partial charge in [0.1, 0.15) is 0 Å². The van der Waals surface area contributed by atoms with Crippen molar-refractivity contribution >= 4 is 26.7 Å². The molecule has 13 heteroatoms. The predicted molar refractivity (Wildman–Crippen MR) is 101 cm³/mol. The molecule has 0 heterocycles. The van der Waals surface area contributed by atoms with Gasteiger partial charge in [0.25, 0.3) is 17.9 Å². The fourth-order valence-electron chi connectivity index (χ4n) is 2.28. The molecule has 0 spiro atoms. The molecule has 7 nitrogen and oxygen atoms in total. The maximum Gasteiger partial charge on any atom is 0.705 e. The van der Waals surface area contributed by atoms with Gasteiger partial charge in [0, 0.05) is 19.3 Å². The number of rotatable bonds is 12. The molecule has 1 rings (SSSR count). The molecule has 1 aromatic carbocycles. The first-order valence-corrected chi connectivity index (χ1v) is 11.7. The molecule has 0 amide bonds. The number of halogens is 5. The third-order valence-corrected chi connectivity index (χ3v) is 6.55. The summed E-state index contributed by atoms with van der Waals surface area (Å²) in [6.07, 6.45) is -0.319. The highest BCUT2D eigenvalue weighted by Gasteiger charge is 2.52. The summed E-state index contributed by atoms with van der Waals surface area (Å²) in [6, 6.07) is -0.226. The summed E-state index contributed by atoms with van der Waals surface area (Å²) in [7, 11) is -4.15. The first-order chi connectivity index (χ1) is 15.0. The summed E-state index contributed by atoms with van der Waals surface area (Å²) < 4.78 is 87.1. The van der Waals surface area contributed by atoms with Gasteiger partial charge in [0.15, 0.2) is 5.75 Å². The minimum atomic E-state index is -4.15. The summed E-state index contributed by atoms with van der Waals surface area (Å²) in [5, 5.41) is 0. The van der Waals surface area contributed by atoms with E-state index in [4.69, 9.17) is 18.0 Å².